The van der Waals surface area contributed by atoms with E-state index in [9.17, 15) is 13.2 Å². The lowest BCUT2D eigenvalue weighted by molar-refractivity contribution is -0.116. The Labute approximate surface area is 201 Å². The predicted octanol–water partition coefficient (Wildman–Crippen LogP) is 5.48. The molecule has 2 aromatic carbocycles. The molecule has 0 N–H and O–H groups in total. The van der Waals surface area contributed by atoms with E-state index < -0.39 is 21.5 Å². The highest BCUT2D eigenvalue weighted by molar-refractivity contribution is 7.92. The average molecular weight is 500 g/mol. The van der Waals surface area contributed by atoms with Crippen molar-refractivity contribution in [2.75, 3.05) is 10.7 Å². The minimum Gasteiger partial charge on any atom is -0.283 e. The Bertz CT molecular complexity index is 1390. The summed E-state index contributed by atoms with van der Waals surface area (Å²) in [5.41, 5.74) is 2.69. The van der Waals surface area contributed by atoms with Gasteiger partial charge in [0.05, 0.1) is 21.7 Å². The van der Waals surface area contributed by atoms with Crippen molar-refractivity contribution in [3.05, 3.63) is 83.1 Å². The van der Waals surface area contributed by atoms with Crippen molar-refractivity contribution in [2.24, 2.45) is 0 Å². The van der Waals surface area contributed by atoms with Gasteiger partial charge in [-0.05, 0) is 53.4 Å². The minimum absolute atomic E-state index is 0.0490. The van der Waals surface area contributed by atoms with Crippen LogP contribution in [-0.4, -0.2) is 30.0 Å². The fraction of sp³-hybridized carbons (Fsp3) is 0.208. The maximum absolute atomic E-state index is 13.4. The van der Waals surface area contributed by atoms with E-state index in [1.807, 2.05) is 24.3 Å². The van der Waals surface area contributed by atoms with Crippen LogP contribution in [0.3, 0.4) is 0 Å². The standard InChI is InChI=1S/C24H22ClN3O3S2/c1-16(2)20-6-3-7-21-23(20)27-24(32-21)28(14-17-5-4-12-26-13-17)22(29)15-33(30,31)19-10-8-18(25)9-11-19/h3-13,16H,14-15H2,1-2H3. The van der Waals surface area contributed by atoms with Gasteiger partial charge in [-0.2, -0.15) is 0 Å². The number of carbonyl (C=O) groups excluding carboxylic acids is 1. The molecule has 9 heteroatoms. The van der Waals surface area contributed by atoms with Crippen molar-refractivity contribution in [3.8, 4) is 0 Å². The van der Waals surface area contributed by atoms with E-state index >= 15 is 0 Å². The van der Waals surface area contributed by atoms with Crippen LogP contribution >= 0.6 is 22.9 Å². The van der Waals surface area contributed by atoms with E-state index in [2.05, 4.69) is 18.8 Å². The second-order valence-electron chi connectivity index (χ2n) is 7.90. The minimum atomic E-state index is -3.86. The van der Waals surface area contributed by atoms with Crippen molar-refractivity contribution in [3.63, 3.8) is 0 Å². The van der Waals surface area contributed by atoms with Crippen LogP contribution in [0.5, 0.6) is 0 Å². The quantitative estimate of drug-likeness (QED) is 0.336. The Balaban J connectivity index is 1.72. The Hall–Kier alpha value is -2.81. The zero-order valence-electron chi connectivity index (χ0n) is 18.1. The number of hydrogen-bond donors (Lipinski definition) is 0. The van der Waals surface area contributed by atoms with Gasteiger partial charge in [-0.15, -0.1) is 0 Å². The van der Waals surface area contributed by atoms with Gasteiger partial charge < -0.3 is 0 Å². The van der Waals surface area contributed by atoms with Gasteiger partial charge in [-0.3, -0.25) is 14.7 Å². The van der Waals surface area contributed by atoms with E-state index in [1.165, 1.54) is 40.5 Å². The highest BCUT2D eigenvalue weighted by atomic mass is 35.5. The van der Waals surface area contributed by atoms with Gasteiger partial charge >= 0.3 is 0 Å². The monoisotopic (exact) mass is 499 g/mol. The van der Waals surface area contributed by atoms with Gasteiger partial charge in [-0.25, -0.2) is 13.4 Å². The number of thiazole rings is 1. The molecule has 0 spiro atoms. The van der Waals surface area contributed by atoms with Crippen LogP contribution in [0.2, 0.25) is 5.02 Å². The number of anilines is 1. The van der Waals surface area contributed by atoms with Crippen LogP contribution in [0.1, 0.15) is 30.9 Å². The first-order chi connectivity index (χ1) is 15.7. The molecule has 0 saturated carbocycles. The Morgan fingerprint density at radius 2 is 1.85 bits per heavy atom. The lowest BCUT2D eigenvalue weighted by atomic mass is 10.0. The van der Waals surface area contributed by atoms with Crippen molar-refractivity contribution < 1.29 is 13.2 Å². The molecule has 170 valence electrons. The summed E-state index contributed by atoms with van der Waals surface area (Å²) in [6, 6.07) is 15.4. The molecule has 0 fully saturated rings. The lowest BCUT2D eigenvalue weighted by Crippen LogP contribution is -2.35. The fourth-order valence-corrected chi connectivity index (χ4v) is 5.78. The third-order valence-corrected chi connectivity index (χ3v) is 8.06. The number of nitrogens with zero attached hydrogens (tertiary/aromatic N) is 3. The van der Waals surface area contributed by atoms with Crippen LogP contribution in [0.25, 0.3) is 10.2 Å². The second-order valence-corrected chi connectivity index (χ2v) is 11.3. The van der Waals surface area contributed by atoms with E-state index in [0.29, 0.717) is 10.2 Å². The number of sulfone groups is 1. The maximum Gasteiger partial charge on any atom is 0.244 e. The molecule has 0 saturated heterocycles. The molecular weight excluding hydrogens is 478 g/mol. The lowest BCUT2D eigenvalue weighted by Gasteiger charge is -2.20. The first-order valence-electron chi connectivity index (χ1n) is 10.3. The van der Waals surface area contributed by atoms with E-state index in [0.717, 1.165) is 21.3 Å². The van der Waals surface area contributed by atoms with Gasteiger partial charge in [0, 0.05) is 17.4 Å². The molecule has 1 amide bonds. The smallest absolute Gasteiger partial charge is 0.244 e. The summed E-state index contributed by atoms with van der Waals surface area (Å²) in [7, 11) is -3.86. The fourth-order valence-electron chi connectivity index (χ4n) is 3.44. The van der Waals surface area contributed by atoms with Crippen LogP contribution in [0.4, 0.5) is 5.13 Å². The van der Waals surface area contributed by atoms with Gasteiger partial charge in [0.25, 0.3) is 0 Å². The van der Waals surface area contributed by atoms with Crippen molar-refractivity contribution in [1.29, 1.82) is 0 Å². The molecule has 0 aliphatic carbocycles. The Morgan fingerprint density at radius 1 is 1.09 bits per heavy atom. The highest BCUT2D eigenvalue weighted by Gasteiger charge is 2.27. The van der Waals surface area contributed by atoms with Crippen LogP contribution < -0.4 is 4.90 Å². The number of hydrogen-bond acceptors (Lipinski definition) is 6. The summed E-state index contributed by atoms with van der Waals surface area (Å²) < 4.78 is 26.8. The van der Waals surface area contributed by atoms with Crippen molar-refractivity contribution >= 4 is 54.0 Å². The Kier molecular flexibility index (Phi) is 6.78. The highest BCUT2D eigenvalue weighted by Crippen LogP contribution is 2.34. The summed E-state index contributed by atoms with van der Waals surface area (Å²) in [5.74, 6) is -0.975. The zero-order valence-corrected chi connectivity index (χ0v) is 20.5. The third-order valence-electron chi connectivity index (χ3n) is 5.14. The molecule has 6 nitrogen and oxygen atoms in total. The van der Waals surface area contributed by atoms with Gasteiger partial charge in [-0.1, -0.05) is 55.0 Å². The largest absolute Gasteiger partial charge is 0.283 e. The van der Waals surface area contributed by atoms with E-state index in [4.69, 9.17) is 16.6 Å². The normalized spacial score (nSPS) is 11.8. The maximum atomic E-state index is 13.4. The SMILES string of the molecule is CC(C)c1cccc2sc(N(Cc3cccnc3)C(=O)CS(=O)(=O)c3ccc(Cl)cc3)nc12. The number of fused-ring (bicyclic) bond motifs is 1. The molecule has 0 unspecified atom stereocenters. The molecule has 2 heterocycles. The van der Waals surface area contributed by atoms with Gasteiger partial charge in [0.2, 0.25) is 5.91 Å². The molecule has 4 rings (SSSR count). The van der Waals surface area contributed by atoms with Crippen molar-refractivity contribution in [2.45, 2.75) is 31.2 Å². The summed E-state index contributed by atoms with van der Waals surface area (Å²) in [5, 5.41) is 0.882. The summed E-state index contributed by atoms with van der Waals surface area (Å²) in [6.45, 7) is 4.34. The number of amides is 1. The molecule has 0 aliphatic rings. The van der Waals surface area contributed by atoms with Gasteiger partial charge in [0.15, 0.2) is 15.0 Å². The summed E-state index contributed by atoms with van der Waals surface area (Å²) >= 11 is 7.25. The molecule has 0 atom stereocenters. The second kappa shape index (κ2) is 9.59. The van der Waals surface area contributed by atoms with Crippen molar-refractivity contribution in [1.82, 2.24) is 9.97 Å². The Morgan fingerprint density at radius 3 is 2.52 bits per heavy atom. The topological polar surface area (TPSA) is 80.2 Å². The number of para-hydroxylation sites is 1. The number of aromatic nitrogens is 2. The van der Waals surface area contributed by atoms with Crippen LogP contribution in [0, 0.1) is 0 Å². The molecule has 0 radical (unpaired) electrons. The van der Waals surface area contributed by atoms with Gasteiger partial charge in [0.1, 0.15) is 5.75 Å². The van der Waals surface area contributed by atoms with E-state index in [-0.39, 0.29) is 17.4 Å². The molecular formula is C24H22ClN3O3S2. The first-order valence-corrected chi connectivity index (χ1v) is 13.2. The predicted molar refractivity (Wildman–Crippen MR) is 133 cm³/mol. The molecule has 0 aliphatic heterocycles. The summed E-state index contributed by atoms with van der Waals surface area (Å²) in [4.78, 5) is 23.7. The summed E-state index contributed by atoms with van der Waals surface area (Å²) in [6.07, 6.45) is 3.30. The van der Waals surface area contributed by atoms with Crippen LogP contribution in [-0.2, 0) is 21.2 Å². The molecule has 33 heavy (non-hydrogen) atoms. The molecule has 2 aromatic heterocycles. The number of halogens is 1. The molecule has 4 aromatic rings. The number of benzene rings is 2. The number of rotatable bonds is 7. The number of pyridine rings is 1. The first kappa shape index (κ1) is 23.4. The number of carbonyl (C=O) groups is 1. The third kappa shape index (κ3) is 5.24. The molecule has 0 bridgehead atoms. The zero-order chi connectivity index (χ0) is 23.6. The van der Waals surface area contributed by atoms with Crippen LogP contribution in [0.15, 0.2) is 71.9 Å². The van der Waals surface area contributed by atoms with E-state index in [1.54, 1.807) is 18.5 Å². The average Bonchev–Trinajstić information content (AvgIpc) is 3.22.